The molecule has 6 nitrogen and oxygen atoms in total. The number of carbonyl (C=O) groups is 3. The molecular formula is C37H24F2O6. The molecule has 0 spiro atoms. The van der Waals surface area contributed by atoms with E-state index in [-0.39, 0.29) is 22.6 Å². The molecule has 45 heavy (non-hydrogen) atoms. The van der Waals surface area contributed by atoms with Gasteiger partial charge in [0, 0.05) is 29.4 Å². The summed E-state index contributed by atoms with van der Waals surface area (Å²) in [5.74, 6) is 1.01. The summed E-state index contributed by atoms with van der Waals surface area (Å²) in [7, 11) is 0. The molecule has 0 bridgehead atoms. The predicted octanol–water partition coefficient (Wildman–Crippen LogP) is 7.48. The molecule has 8 heteroatoms. The zero-order chi connectivity index (χ0) is 32.3. The van der Waals surface area contributed by atoms with Crippen LogP contribution in [0.25, 0.3) is 23.3 Å². The predicted molar refractivity (Wildman–Crippen MR) is 167 cm³/mol. The second kappa shape index (κ2) is 14.7. The van der Waals surface area contributed by atoms with E-state index in [2.05, 4.69) is 31.6 Å². The smallest absolute Gasteiger partial charge is 0.335 e. The minimum absolute atomic E-state index is 0.175. The van der Waals surface area contributed by atoms with E-state index in [0.29, 0.717) is 11.3 Å². The molecule has 0 saturated heterocycles. The van der Waals surface area contributed by atoms with E-state index in [9.17, 15) is 14.4 Å². The van der Waals surface area contributed by atoms with Crippen molar-refractivity contribution >= 4 is 30.1 Å². The molecule has 4 rings (SSSR count). The third kappa shape index (κ3) is 8.37. The van der Waals surface area contributed by atoms with Crippen LogP contribution in [-0.2, 0) is 14.4 Å². The number of halogens is 2. The monoisotopic (exact) mass is 602 g/mol. The summed E-state index contributed by atoms with van der Waals surface area (Å²) in [6.45, 7) is 10.0. The number of hydrogen-bond donors (Lipinski definition) is 0. The molecule has 0 unspecified atom stereocenters. The van der Waals surface area contributed by atoms with Gasteiger partial charge in [-0.3, -0.25) is 0 Å². The normalized spacial score (nSPS) is 10.3. The van der Waals surface area contributed by atoms with Gasteiger partial charge >= 0.3 is 17.9 Å². The van der Waals surface area contributed by atoms with Crippen LogP contribution < -0.4 is 14.2 Å². The molecule has 0 atom stereocenters. The van der Waals surface area contributed by atoms with Crippen LogP contribution in [0.3, 0.4) is 0 Å². The van der Waals surface area contributed by atoms with Gasteiger partial charge in [-0.2, -0.15) is 0 Å². The van der Waals surface area contributed by atoms with Gasteiger partial charge < -0.3 is 14.2 Å². The van der Waals surface area contributed by atoms with Crippen LogP contribution in [-0.4, -0.2) is 17.9 Å². The topological polar surface area (TPSA) is 78.9 Å². The molecule has 0 amide bonds. The van der Waals surface area contributed by atoms with Gasteiger partial charge in [0.2, 0.25) is 0 Å². The Morgan fingerprint density at radius 2 is 1.07 bits per heavy atom. The first-order valence-electron chi connectivity index (χ1n) is 13.3. The van der Waals surface area contributed by atoms with Crippen molar-refractivity contribution in [3.8, 4) is 40.2 Å². The molecule has 0 radical (unpaired) electrons. The zero-order valence-electron chi connectivity index (χ0n) is 23.7. The molecule has 222 valence electrons. The first kappa shape index (κ1) is 31.6. The number of esters is 3. The van der Waals surface area contributed by atoms with Crippen molar-refractivity contribution < 1.29 is 37.4 Å². The van der Waals surface area contributed by atoms with Crippen LogP contribution in [0.2, 0.25) is 0 Å². The third-order valence-corrected chi connectivity index (χ3v) is 6.07. The van der Waals surface area contributed by atoms with Gasteiger partial charge in [-0.25, -0.2) is 23.2 Å². The van der Waals surface area contributed by atoms with Crippen LogP contribution in [0, 0.1) is 23.5 Å². The van der Waals surface area contributed by atoms with E-state index in [1.807, 2.05) is 12.2 Å². The van der Waals surface area contributed by atoms with Crippen molar-refractivity contribution in [2.45, 2.75) is 0 Å². The lowest BCUT2D eigenvalue weighted by atomic mass is 10.0. The van der Waals surface area contributed by atoms with Gasteiger partial charge in [0.1, 0.15) is 17.1 Å². The SMILES string of the molecule is C=CC(=O)Oc1ccc(/C=C/c2ccc(C#Cc3c(OC(=O)C=C)cc(-c4ccc(OC(=O)C=C)cc4)c(F)c3F)cc2)cc1. The average Bonchev–Trinajstić information content (AvgIpc) is 3.06. The lowest BCUT2D eigenvalue weighted by Gasteiger charge is -2.12. The van der Waals surface area contributed by atoms with Crippen LogP contribution >= 0.6 is 0 Å². The van der Waals surface area contributed by atoms with Crippen LogP contribution in [0.5, 0.6) is 17.2 Å². The maximum atomic E-state index is 15.4. The quantitative estimate of drug-likeness (QED) is 0.0650. The fourth-order valence-electron chi connectivity index (χ4n) is 3.83. The molecule has 4 aromatic carbocycles. The lowest BCUT2D eigenvalue weighted by molar-refractivity contribution is -0.129. The molecule has 0 aliphatic heterocycles. The maximum Gasteiger partial charge on any atom is 0.335 e. The van der Waals surface area contributed by atoms with Crippen molar-refractivity contribution in [3.63, 3.8) is 0 Å². The van der Waals surface area contributed by atoms with Gasteiger partial charge in [0.15, 0.2) is 17.4 Å². The molecule has 0 aromatic heterocycles. The average molecular weight is 603 g/mol. The molecule has 0 aliphatic rings. The Kier molecular flexibility index (Phi) is 10.3. The lowest BCUT2D eigenvalue weighted by Crippen LogP contribution is -2.07. The Hall–Kier alpha value is -6.33. The second-order valence-electron chi connectivity index (χ2n) is 9.10. The number of carbonyl (C=O) groups excluding carboxylic acids is 3. The molecule has 0 saturated carbocycles. The molecule has 0 N–H and O–H groups in total. The molecule has 0 heterocycles. The highest BCUT2D eigenvalue weighted by Gasteiger charge is 2.21. The molecule has 0 aliphatic carbocycles. The third-order valence-electron chi connectivity index (χ3n) is 6.07. The van der Waals surface area contributed by atoms with Gasteiger partial charge in [-0.05, 0) is 59.2 Å². The van der Waals surface area contributed by atoms with Gasteiger partial charge in [-0.1, -0.05) is 80.1 Å². The standard InChI is InChI=1S/C37H24F2O6/c1-4-33(40)43-28-18-13-26(14-19-28)12-9-24-7-10-25(11-8-24)15-22-30-32(45-35(42)6-3)23-31(37(39)36(30)38)27-16-20-29(21-17-27)44-34(41)5-2/h4-14,16-21,23H,1-3H2/b12-9+. The van der Waals surface area contributed by atoms with Gasteiger partial charge in [0.05, 0.1) is 0 Å². The summed E-state index contributed by atoms with van der Waals surface area (Å²) in [5, 5.41) is 0. The minimum Gasteiger partial charge on any atom is -0.423 e. The molecular weight excluding hydrogens is 578 g/mol. The van der Waals surface area contributed by atoms with Crippen LogP contribution in [0.1, 0.15) is 22.3 Å². The molecule has 0 fully saturated rings. The van der Waals surface area contributed by atoms with E-state index in [4.69, 9.17) is 14.2 Å². The zero-order valence-corrected chi connectivity index (χ0v) is 23.7. The van der Waals surface area contributed by atoms with Gasteiger partial charge in [-0.15, -0.1) is 0 Å². The summed E-state index contributed by atoms with van der Waals surface area (Å²) in [6, 6.07) is 20.7. The largest absolute Gasteiger partial charge is 0.423 e. The summed E-state index contributed by atoms with van der Waals surface area (Å²) >= 11 is 0. The Morgan fingerprint density at radius 3 is 1.58 bits per heavy atom. The first-order chi connectivity index (χ1) is 21.7. The summed E-state index contributed by atoms with van der Waals surface area (Å²) in [5.41, 5.74) is 1.79. The minimum atomic E-state index is -1.31. The summed E-state index contributed by atoms with van der Waals surface area (Å²) < 4.78 is 45.9. The highest BCUT2D eigenvalue weighted by atomic mass is 19.2. The van der Waals surface area contributed by atoms with Crippen molar-refractivity contribution in [3.05, 3.63) is 151 Å². The van der Waals surface area contributed by atoms with Crippen LogP contribution in [0.4, 0.5) is 8.78 Å². The van der Waals surface area contributed by atoms with Gasteiger partial charge in [0.25, 0.3) is 0 Å². The van der Waals surface area contributed by atoms with Crippen molar-refractivity contribution in [1.29, 1.82) is 0 Å². The summed E-state index contributed by atoms with van der Waals surface area (Å²) in [4.78, 5) is 34.7. The van der Waals surface area contributed by atoms with E-state index in [0.717, 1.165) is 29.4 Å². The molecule has 4 aromatic rings. The van der Waals surface area contributed by atoms with Crippen LogP contribution in [0.15, 0.2) is 117 Å². The maximum absolute atomic E-state index is 15.4. The van der Waals surface area contributed by atoms with Crippen molar-refractivity contribution in [2.75, 3.05) is 0 Å². The highest BCUT2D eigenvalue weighted by molar-refractivity contribution is 5.85. The van der Waals surface area contributed by atoms with Crippen molar-refractivity contribution in [1.82, 2.24) is 0 Å². The number of hydrogen-bond acceptors (Lipinski definition) is 6. The number of rotatable bonds is 9. The Bertz CT molecular complexity index is 1880. The fraction of sp³-hybridized carbons (Fsp3) is 0. The Morgan fingerprint density at radius 1 is 0.600 bits per heavy atom. The summed E-state index contributed by atoms with van der Waals surface area (Å²) in [6.07, 6.45) is 6.68. The Balaban J connectivity index is 1.57. The second-order valence-corrected chi connectivity index (χ2v) is 9.10. The highest BCUT2D eigenvalue weighted by Crippen LogP contribution is 2.34. The van der Waals surface area contributed by atoms with E-state index >= 15 is 8.78 Å². The Labute approximate surface area is 258 Å². The van der Waals surface area contributed by atoms with Crippen molar-refractivity contribution in [2.24, 2.45) is 0 Å². The number of benzene rings is 4. The van der Waals surface area contributed by atoms with E-state index < -0.39 is 35.1 Å². The fourth-order valence-corrected chi connectivity index (χ4v) is 3.83. The van der Waals surface area contributed by atoms with E-state index in [1.54, 1.807) is 48.5 Å². The first-order valence-corrected chi connectivity index (χ1v) is 13.3. The number of ether oxygens (including phenoxy) is 3. The van der Waals surface area contributed by atoms with E-state index in [1.165, 1.54) is 30.3 Å².